The maximum atomic E-state index is 5.43. The Hall–Kier alpha value is -1.97. The number of hydrogen-bond donors (Lipinski definition) is 2. The summed E-state index contributed by atoms with van der Waals surface area (Å²) in [6.45, 7) is 15.0. The molecule has 1 aromatic heterocycles. The van der Waals surface area contributed by atoms with Gasteiger partial charge in [0.2, 0.25) is 0 Å². The quantitative estimate of drug-likeness (QED) is 0.362. The molecule has 9 heteroatoms. The predicted octanol–water partition coefficient (Wildman–Crippen LogP) is 0.141. The fourth-order valence-electron chi connectivity index (χ4n) is 3.68. The summed E-state index contributed by atoms with van der Waals surface area (Å²) < 4.78 is 7.42. The van der Waals surface area contributed by atoms with Gasteiger partial charge in [0.1, 0.15) is 12.4 Å². The number of ether oxygens (including phenoxy) is 1. The third-order valence-electron chi connectivity index (χ3n) is 5.70. The number of nitrogens with zero attached hydrogens (tertiary/aromatic N) is 6. The highest BCUT2D eigenvalue weighted by atomic mass is 16.5. The molecule has 0 atom stereocenters. The highest BCUT2D eigenvalue weighted by Crippen LogP contribution is 2.10. The number of aliphatic imine (C=N–C) groups is 1. The fraction of sp³-hybridized carbons (Fsp3) is 0.750. The van der Waals surface area contributed by atoms with E-state index in [4.69, 9.17) is 9.73 Å². The van der Waals surface area contributed by atoms with Crippen molar-refractivity contribution < 1.29 is 4.74 Å². The van der Waals surface area contributed by atoms with E-state index in [9.17, 15) is 0 Å². The smallest absolute Gasteiger partial charge is 0.191 e. The second kappa shape index (κ2) is 11.3. The van der Waals surface area contributed by atoms with E-state index in [1.165, 1.54) is 0 Å². The standard InChI is InChI=1S/C20H36N8O/c1-4-8-27-9-5-18(6-10-27)23-20(21-7-11-28-12-14-29-15-13-28)22-16-19-25-24-17(2)26(19)3/h4,18H,1,5-16H2,2-3H3,(H2,21,22,23). The van der Waals surface area contributed by atoms with Crippen LogP contribution in [0.4, 0.5) is 0 Å². The number of hydrogen-bond acceptors (Lipinski definition) is 6. The summed E-state index contributed by atoms with van der Waals surface area (Å²) in [4.78, 5) is 9.66. The number of likely N-dealkylation sites (tertiary alicyclic amines) is 1. The van der Waals surface area contributed by atoms with Crippen LogP contribution >= 0.6 is 0 Å². The minimum Gasteiger partial charge on any atom is -0.379 e. The molecule has 2 saturated heterocycles. The molecule has 0 amide bonds. The van der Waals surface area contributed by atoms with Gasteiger partial charge >= 0.3 is 0 Å². The Bertz CT molecular complexity index is 659. The van der Waals surface area contributed by atoms with E-state index in [-0.39, 0.29) is 0 Å². The van der Waals surface area contributed by atoms with Gasteiger partial charge in [0.15, 0.2) is 11.8 Å². The highest BCUT2D eigenvalue weighted by Gasteiger charge is 2.19. The van der Waals surface area contributed by atoms with Gasteiger partial charge in [-0.25, -0.2) is 4.99 Å². The Balaban J connectivity index is 1.54. The Labute approximate surface area is 174 Å². The number of guanidine groups is 1. The number of piperidine rings is 1. The molecule has 2 fully saturated rings. The van der Waals surface area contributed by atoms with Gasteiger partial charge in [0.25, 0.3) is 0 Å². The minimum absolute atomic E-state index is 0.437. The molecule has 0 unspecified atom stereocenters. The lowest BCUT2D eigenvalue weighted by Crippen LogP contribution is -2.50. The second-order valence-corrected chi connectivity index (χ2v) is 7.78. The van der Waals surface area contributed by atoms with E-state index in [2.05, 4.69) is 37.2 Å². The van der Waals surface area contributed by atoms with Crippen LogP contribution in [0.2, 0.25) is 0 Å². The van der Waals surface area contributed by atoms with Crippen molar-refractivity contribution in [2.75, 3.05) is 59.0 Å². The molecule has 2 aliphatic heterocycles. The zero-order valence-corrected chi connectivity index (χ0v) is 17.9. The van der Waals surface area contributed by atoms with Gasteiger partial charge in [-0.1, -0.05) is 6.08 Å². The SMILES string of the molecule is C=CCN1CCC(NC(=NCc2nnc(C)n2C)NCCN2CCOCC2)CC1. The number of aromatic nitrogens is 3. The van der Waals surface area contributed by atoms with Crippen molar-refractivity contribution in [2.24, 2.45) is 12.0 Å². The Morgan fingerprint density at radius 2 is 1.97 bits per heavy atom. The predicted molar refractivity (Wildman–Crippen MR) is 115 cm³/mol. The Kier molecular flexibility index (Phi) is 8.45. The lowest BCUT2D eigenvalue weighted by Gasteiger charge is -2.32. The zero-order chi connectivity index (χ0) is 20.5. The van der Waals surface area contributed by atoms with Crippen molar-refractivity contribution in [1.29, 1.82) is 0 Å². The third-order valence-corrected chi connectivity index (χ3v) is 5.70. The van der Waals surface area contributed by atoms with Gasteiger partial charge in [-0.15, -0.1) is 16.8 Å². The van der Waals surface area contributed by atoms with Crippen LogP contribution in [0.1, 0.15) is 24.5 Å². The molecule has 0 aliphatic carbocycles. The van der Waals surface area contributed by atoms with Crippen molar-refractivity contribution >= 4 is 5.96 Å². The molecule has 0 bridgehead atoms. The van der Waals surface area contributed by atoms with E-state index in [0.29, 0.717) is 12.6 Å². The maximum absolute atomic E-state index is 5.43. The molecular weight excluding hydrogens is 368 g/mol. The maximum Gasteiger partial charge on any atom is 0.191 e. The summed E-state index contributed by atoms with van der Waals surface area (Å²) in [5.41, 5.74) is 0. The van der Waals surface area contributed by atoms with Gasteiger partial charge < -0.3 is 19.9 Å². The monoisotopic (exact) mass is 404 g/mol. The van der Waals surface area contributed by atoms with E-state index >= 15 is 0 Å². The molecule has 1 aromatic rings. The first kappa shape index (κ1) is 21.7. The normalized spacial score (nSPS) is 20.0. The topological polar surface area (TPSA) is 82.8 Å². The fourth-order valence-corrected chi connectivity index (χ4v) is 3.68. The van der Waals surface area contributed by atoms with Crippen LogP contribution in [-0.4, -0.2) is 95.6 Å². The lowest BCUT2D eigenvalue weighted by molar-refractivity contribution is 0.0389. The number of rotatable bonds is 8. The lowest BCUT2D eigenvalue weighted by atomic mass is 10.1. The van der Waals surface area contributed by atoms with Crippen molar-refractivity contribution in [3.8, 4) is 0 Å². The average molecular weight is 405 g/mol. The molecule has 9 nitrogen and oxygen atoms in total. The Morgan fingerprint density at radius 1 is 1.21 bits per heavy atom. The van der Waals surface area contributed by atoms with Gasteiger partial charge in [-0.2, -0.15) is 0 Å². The molecule has 162 valence electrons. The largest absolute Gasteiger partial charge is 0.379 e. The van der Waals surface area contributed by atoms with Crippen molar-refractivity contribution in [1.82, 2.24) is 35.2 Å². The van der Waals surface area contributed by atoms with Crippen molar-refractivity contribution in [3.05, 3.63) is 24.3 Å². The summed E-state index contributed by atoms with van der Waals surface area (Å²) in [6, 6.07) is 0.437. The van der Waals surface area contributed by atoms with Crippen LogP contribution in [-0.2, 0) is 18.3 Å². The summed E-state index contributed by atoms with van der Waals surface area (Å²) in [6.07, 6.45) is 4.21. The molecule has 3 rings (SSSR count). The van der Waals surface area contributed by atoms with Crippen LogP contribution in [0.25, 0.3) is 0 Å². The first-order chi connectivity index (χ1) is 14.2. The summed E-state index contributed by atoms with van der Waals surface area (Å²) in [7, 11) is 1.98. The van der Waals surface area contributed by atoms with Gasteiger partial charge in [0.05, 0.1) is 13.2 Å². The van der Waals surface area contributed by atoms with E-state index in [1.54, 1.807) is 0 Å². The summed E-state index contributed by atoms with van der Waals surface area (Å²) >= 11 is 0. The molecule has 0 saturated carbocycles. The van der Waals surface area contributed by atoms with Crippen LogP contribution in [0.3, 0.4) is 0 Å². The van der Waals surface area contributed by atoms with Crippen molar-refractivity contribution in [3.63, 3.8) is 0 Å². The van der Waals surface area contributed by atoms with Crippen LogP contribution < -0.4 is 10.6 Å². The zero-order valence-electron chi connectivity index (χ0n) is 17.9. The molecule has 29 heavy (non-hydrogen) atoms. The minimum atomic E-state index is 0.437. The molecule has 0 spiro atoms. The summed E-state index contributed by atoms with van der Waals surface area (Å²) in [5, 5.41) is 15.5. The molecular formula is C20H36N8O. The number of aryl methyl sites for hydroxylation is 1. The first-order valence-electron chi connectivity index (χ1n) is 10.7. The van der Waals surface area contributed by atoms with Crippen LogP contribution in [0.5, 0.6) is 0 Å². The van der Waals surface area contributed by atoms with E-state index in [0.717, 1.165) is 89.5 Å². The summed E-state index contributed by atoms with van der Waals surface area (Å²) in [5.74, 6) is 2.64. The Morgan fingerprint density at radius 3 is 2.62 bits per heavy atom. The van der Waals surface area contributed by atoms with Gasteiger partial charge in [0, 0.05) is 58.9 Å². The van der Waals surface area contributed by atoms with Crippen LogP contribution in [0.15, 0.2) is 17.6 Å². The molecule has 3 heterocycles. The van der Waals surface area contributed by atoms with Gasteiger partial charge in [-0.3, -0.25) is 9.80 Å². The van der Waals surface area contributed by atoms with E-state index in [1.807, 2.05) is 24.6 Å². The molecule has 2 aliphatic rings. The average Bonchev–Trinajstić information content (AvgIpc) is 3.06. The third kappa shape index (κ3) is 6.80. The van der Waals surface area contributed by atoms with Crippen molar-refractivity contribution in [2.45, 2.75) is 32.4 Å². The van der Waals surface area contributed by atoms with Gasteiger partial charge in [-0.05, 0) is 19.8 Å². The number of morpholine rings is 1. The highest BCUT2D eigenvalue weighted by molar-refractivity contribution is 5.80. The van der Waals surface area contributed by atoms with Crippen LogP contribution in [0, 0.1) is 6.92 Å². The second-order valence-electron chi connectivity index (χ2n) is 7.78. The number of nitrogens with one attached hydrogen (secondary N) is 2. The molecule has 0 radical (unpaired) electrons. The first-order valence-corrected chi connectivity index (χ1v) is 10.7. The van der Waals surface area contributed by atoms with E-state index < -0.39 is 0 Å². The molecule has 0 aromatic carbocycles. The molecule has 2 N–H and O–H groups in total.